The zero-order valence-electron chi connectivity index (χ0n) is 13.0. The fourth-order valence-electron chi connectivity index (χ4n) is 2.71. The standard InChI is InChI=1S/C17H22FN3O/c1-12-14(9-19-20(12)2)10-21(16-7-8-16)11-17(22)13-3-5-15(18)6-4-13/h3-6,9,16-17,22H,7-8,10-11H2,1-2H3. The molecule has 0 spiro atoms. The number of halogens is 1. The summed E-state index contributed by atoms with van der Waals surface area (Å²) in [5, 5.41) is 14.7. The highest BCUT2D eigenvalue weighted by Crippen LogP contribution is 2.30. The number of hydrogen-bond donors (Lipinski definition) is 1. The van der Waals surface area contributed by atoms with Crippen LogP contribution in [0.3, 0.4) is 0 Å². The molecule has 0 aliphatic heterocycles. The fraction of sp³-hybridized carbons (Fsp3) is 0.471. The predicted octanol–water partition coefficient (Wildman–Crippen LogP) is 2.57. The van der Waals surface area contributed by atoms with E-state index in [-0.39, 0.29) is 5.82 Å². The molecule has 1 N–H and O–H groups in total. The Morgan fingerprint density at radius 3 is 2.59 bits per heavy atom. The fourth-order valence-corrected chi connectivity index (χ4v) is 2.71. The smallest absolute Gasteiger partial charge is 0.123 e. The average molecular weight is 303 g/mol. The highest BCUT2D eigenvalue weighted by atomic mass is 19.1. The summed E-state index contributed by atoms with van der Waals surface area (Å²) in [5.41, 5.74) is 3.11. The van der Waals surface area contributed by atoms with E-state index in [1.807, 2.05) is 17.9 Å². The molecule has 3 rings (SSSR count). The van der Waals surface area contributed by atoms with Crippen LogP contribution in [-0.4, -0.2) is 32.4 Å². The number of aliphatic hydroxyl groups excluding tert-OH is 1. The molecule has 0 amide bonds. The Kier molecular flexibility index (Phi) is 4.27. The molecule has 1 unspecified atom stereocenters. The molecule has 5 heteroatoms. The van der Waals surface area contributed by atoms with Crippen LogP contribution >= 0.6 is 0 Å². The van der Waals surface area contributed by atoms with E-state index in [1.165, 1.54) is 30.5 Å². The molecule has 1 fully saturated rings. The lowest BCUT2D eigenvalue weighted by Crippen LogP contribution is -2.30. The van der Waals surface area contributed by atoms with Gasteiger partial charge < -0.3 is 5.11 Å². The van der Waals surface area contributed by atoms with Crippen molar-refractivity contribution in [1.29, 1.82) is 0 Å². The van der Waals surface area contributed by atoms with Crippen LogP contribution in [0.15, 0.2) is 30.5 Å². The van der Waals surface area contributed by atoms with Gasteiger partial charge in [-0.2, -0.15) is 5.10 Å². The van der Waals surface area contributed by atoms with Crippen LogP contribution in [0.4, 0.5) is 4.39 Å². The summed E-state index contributed by atoms with van der Waals surface area (Å²) in [7, 11) is 1.94. The van der Waals surface area contributed by atoms with Gasteiger partial charge in [-0.1, -0.05) is 12.1 Å². The Balaban J connectivity index is 1.69. The van der Waals surface area contributed by atoms with Crippen molar-refractivity contribution >= 4 is 0 Å². The molecule has 1 aliphatic carbocycles. The topological polar surface area (TPSA) is 41.3 Å². The van der Waals surface area contributed by atoms with Crippen LogP contribution in [-0.2, 0) is 13.6 Å². The van der Waals surface area contributed by atoms with Gasteiger partial charge in [0.25, 0.3) is 0 Å². The second-order valence-corrected chi connectivity index (χ2v) is 6.11. The lowest BCUT2D eigenvalue weighted by Gasteiger charge is -2.25. The zero-order valence-corrected chi connectivity index (χ0v) is 13.0. The van der Waals surface area contributed by atoms with Gasteiger partial charge in [0.15, 0.2) is 0 Å². The molecule has 1 atom stereocenters. The van der Waals surface area contributed by atoms with E-state index >= 15 is 0 Å². The van der Waals surface area contributed by atoms with E-state index < -0.39 is 6.10 Å². The Bertz CT molecular complexity index is 634. The second-order valence-electron chi connectivity index (χ2n) is 6.11. The van der Waals surface area contributed by atoms with Crippen LogP contribution in [0.2, 0.25) is 0 Å². The van der Waals surface area contributed by atoms with Crippen LogP contribution < -0.4 is 0 Å². The Labute approximate surface area is 130 Å². The van der Waals surface area contributed by atoms with E-state index in [4.69, 9.17) is 0 Å². The maximum Gasteiger partial charge on any atom is 0.123 e. The van der Waals surface area contributed by atoms with E-state index in [0.717, 1.165) is 17.8 Å². The van der Waals surface area contributed by atoms with Crippen LogP contribution in [0.25, 0.3) is 0 Å². The minimum absolute atomic E-state index is 0.277. The van der Waals surface area contributed by atoms with Crippen molar-refractivity contribution in [3.63, 3.8) is 0 Å². The molecular formula is C17H22FN3O. The monoisotopic (exact) mass is 303 g/mol. The molecule has 118 valence electrons. The van der Waals surface area contributed by atoms with Crippen LogP contribution in [0.1, 0.15) is 35.8 Å². The molecule has 1 aliphatic rings. The summed E-state index contributed by atoms with van der Waals surface area (Å²) < 4.78 is 14.9. The van der Waals surface area contributed by atoms with Gasteiger partial charge in [0.1, 0.15) is 5.82 Å². The number of aliphatic hydroxyl groups is 1. The molecule has 2 aromatic rings. The first-order valence-electron chi connectivity index (χ1n) is 7.69. The first kappa shape index (κ1) is 15.2. The molecule has 0 bridgehead atoms. The van der Waals surface area contributed by atoms with Gasteiger partial charge in [-0.3, -0.25) is 9.58 Å². The van der Waals surface area contributed by atoms with Gasteiger partial charge in [0, 0.05) is 37.4 Å². The van der Waals surface area contributed by atoms with E-state index in [0.29, 0.717) is 12.6 Å². The van der Waals surface area contributed by atoms with Gasteiger partial charge >= 0.3 is 0 Å². The summed E-state index contributed by atoms with van der Waals surface area (Å²) in [4.78, 5) is 2.30. The lowest BCUT2D eigenvalue weighted by atomic mass is 10.1. The first-order valence-corrected chi connectivity index (χ1v) is 7.69. The summed E-state index contributed by atoms with van der Waals surface area (Å²) in [6.07, 6.45) is 3.65. The molecule has 1 aromatic carbocycles. The van der Waals surface area contributed by atoms with Crippen molar-refractivity contribution in [1.82, 2.24) is 14.7 Å². The van der Waals surface area contributed by atoms with Crippen molar-refractivity contribution in [3.05, 3.63) is 53.1 Å². The number of hydrogen-bond acceptors (Lipinski definition) is 3. The third-order valence-corrected chi connectivity index (χ3v) is 4.44. The number of nitrogens with zero attached hydrogens (tertiary/aromatic N) is 3. The van der Waals surface area contributed by atoms with Crippen molar-refractivity contribution in [2.45, 2.75) is 38.5 Å². The van der Waals surface area contributed by atoms with Crippen LogP contribution in [0.5, 0.6) is 0 Å². The van der Waals surface area contributed by atoms with E-state index in [2.05, 4.69) is 16.9 Å². The molecule has 22 heavy (non-hydrogen) atoms. The van der Waals surface area contributed by atoms with Crippen molar-refractivity contribution in [3.8, 4) is 0 Å². The number of aromatic nitrogens is 2. The quantitative estimate of drug-likeness (QED) is 0.892. The number of benzene rings is 1. The van der Waals surface area contributed by atoms with E-state index in [1.54, 1.807) is 12.1 Å². The normalized spacial score (nSPS) is 16.2. The van der Waals surface area contributed by atoms with Gasteiger partial charge in [0.05, 0.1) is 12.3 Å². The van der Waals surface area contributed by atoms with Gasteiger partial charge in [-0.15, -0.1) is 0 Å². The summed E-state index contributed by atoms with van der Waals surface area (Å²) in [6.45, 7) is 3.41. The number of aryl methyl sites for hydroxylation is 1. The maximum atomic E-state index is 13.0. The molecule has 1 saturated carbocycles. The molecule has 0 saturated heterocycles. The minimum atomic E-state index is -0.599. The molecule has 0 radical (unpaired) electrons. The average Bonchev–Trinajstić information content (AvgIpc) is 3.30. The molecule has 1 heterocycles. The second kappa shape index (κ2) is 6.18. The Morgan fingerprint density at radius 2 is 2.05 bits per heavy atom. The summed E-state index contributed by atoms with van der Waals surface area (Å²) >= 11 is 0. The number of rotatable bonds is 6. The van der Waals surface area contributed by atoms with Crippen LogP contribution in [0, 0.1) is 12.7 Å². The molecular weight excluding hydrogens is 281 g/mol. The Hall–Kier alpha value is -1.72. The van der Waals surface area contributed by atoms with Gasteiger partial charge in [-0.05, 0) is 37.5 Å². The van der Waals surface area contributed by atoms with Crippen molar-refractivity contribution in [2.24, 2.45) is 7.05 Å². The highest BCUT2D eigenvalue weighted by Gasteiger charge is 2.31. The third-order valence-electron chi connectivity index (χ3n) is 4.44. The van der Waals surface area contributed by atoms with Gasteiger partial charge in [-0.25, -0.2) is 4.39 Å². The van der Waals surface area contributed by atoms with Crippen molar-refractivity contribution in [2.75, 3.05) is 6.54 Å². The SMILES string of the molecule is Cc1c(CN(CC(O)c2ccc(F)cc2)C2CC2)cnn1C. The Morgan fingerprint density at radius 1 is 1.36 bits per heavy atom. The molecule has 4 nitrogen and oxygen atoms in total. The highest BCUT2D eigenvalue weighted by molar-refractivity contribution is 5.20. The largest absolute Gasteiger partial charge is 0.387 e. The predicted molar refractivity (Wildman–Crippen MR) is 82.7 cm³/mol. The maximum absolute atomic E-state index is 13.0. The lowest BCUT2D eigenvalue weighted by molar-refractivity contribution is 0.104. The summed E-state index contributed by atoms with van der Waals surface area (Å²) in [6, 6.07) is 6.63. The first-order chi connectivity index (χ1) is 10.5. The zero-order chi connectivity index (χ0) is 15.7. The van der Waals surface area contributed by atoms with E-state index in [9.17, 15) is 9.50 Å². The molecule has 1 aromatic heterocycles. The summed E-state index contributed by atoms with van der Waals surface area (Å²) in [5.74, 6) is -0.277. The third kappa shape index (κ3) is 3.36. The minimum Gasteiger partial charge on any atom is -0.387 e. The van der Waals surface area contributed by atoms with Gasteiger partial charge in [0.2, 0.25) is 0 Å². The van der Waals surface area contributed by atoms with Crippen molar-refractivity contribution < 1.29 is 9.50 Å².